The third-order valence-electron chi connectivity index (χ3n) is 2.92. The van der Waals surface area contributed by atoms with Gasteiger partial charge in [-0.1, -0.05) is 12.1 Å². The quantitative estimate of drug-likeness (QED) is 0.848. The summed E-state index contributed by atoms with van der Waals surface area (Å²) in [6, 6.07) is 8.51. The second kappa shape index (κ2) is 6.52. The van der Waals surface area contributed by atoms with Crippen molar-refractivity contribution in [3.8, 4) is 11.1 Å². The van der Waals surface area contributed by atoms with Crippen molar-refractivity contribution >= 4 is 43.0 Å². The Morgan fingerprint density at radius 1 is 1.23 bits per heavy atom. The zero-order valence-electron chi connectivity index (χ0n) is 12.4. The van der Waals surface area contributed by atoms with Crippen LogP contribution in [0.5, 0.6) is 0 Å². The van der Waals surface area contributed by atoms with Gasteiger partial charge in [0.2, 0.25) is 0 Å². The molecule has 0 bridgehead atoms. The van der Waals surface area contributed by atoms with Crippen LogP contribution < -0.4 is 5.32 Å². The van der Waals surface area contributed by atoms with Gasteiger partial charge in [-0.3, -0.25) is 4.79 Å². The molecule has 4 nitrogen and oxygen atoms in total. The van der Waals surface area contributed by atoms with Crippen molar-refractivity contribution in [2.45, 2.75) is 24.8 Å². The first kappa shape index (κ1) is 17.2. The first-order valence-corrected chi connectivity index (χ1v) is 10.1. The van der Waals surface area contributed by atoms with Crippen molar-refractivity contribution in [3.63, 3.8) is 0 Å². The van der Waals surface area contributed by atoms with Crippen molar-refractivity contribution in [3.05, 3.63) is 39.0 Å². The standard InChI is InChI=1S/C15H16BrNO3S2/c1-9(2)17-15(18)13-8-12(14(16)21-13)10-4-6-11(7-5-10)22(3,19)20/h4-9H,1-3H3,(H,17,18). The lowest BCUT2D eigenvalue weighted by atomic mass is 10.1. The minimum atomic E-state index is -3.21. The summed E-state index contributed by atoms with van der Waals surface area (Å²) < 4.78 is 23.8. The van der Waals surface area contributed by atoms with Crippen LogP contribution in [0.3, 0.4) is 0 Å². The third-order valence-corrected chi connectivity index (χ3v) is 5.89. The molecule has 22 heavy (non-hydrogen) atoms. The molecule has 0 aliphatic rings. The Morgan fingerprint density at radius 3 is 2.32 bits per heavy atom. The predicted molar refractivity (Wildman–Crippen MR) is 93.2 cm³/mol. The number of benzene rings is 1. The van der Waals surface area contributed by atoms with Crippen LogP contribution in [0.15, 0.2) is 39.0 Å². The smallest absolute Gasteiger partial charge is 0.261 e. The highest BCUT2D eigenvalue weighted by atomic mass is 79.9. The van der Waals surface area contributed by atoms with Crippen molar-refractivity contribution in [1.82, 2.24) is 5.32 Å². The molecular formula is C15H16BrNO3S2. The van der Waals surface area contributed by atoms with Crippen molar-refractivity contribution < 1.29 is 13.2 Å². The van der Waals surface area contributed by atoms with E-state index in [9.17, 15) is 13.2 Å². The summed E-state index contributed by atoms with van der Waals surface area (Å²) in [5.41, 5.74) is 1.73. The highest BCUT2D eigenvalue weighted by molar-refractivity contribution is 9.11. The number of hydrogen-bond acceptors (Lipinski definition) is 4. The van der Waals surface area contributed by atoms with Gasteiger partial charge in [0.05, 0.1) is 13.6 Å². The molecule has 0 radical (unpaired) electrons. The Morgan fingerprint density at radius 2 is 1.82 bits per heavy atom. The van der Waals surface area contributed by atoms with Gasteiger partial charge in [0.15, 0.2) is 9.84 Å². The van der Waals surface area contributed by atoms with Gasteiger partial charge in [-0.25, -0.2) is 8.42 Å². The van der Waals surface area contributed by atoms with E-state index >= 15 is 0 Å². The number of carbonyl (C=O) groups is 1. The van der Waals surface area contributed by atoms with Crippen molar-refractivity contribution in [2.24, 2.45) is 0 Å². The fourth-order valence-electron chi connectivity index (χ4n) is 1.89. The fourth-order valence-corrected chi connectivity index (χ4v) is 4.20. The van der Waals surface area contributed by atoms with Crippen LogP contribution in [0.25, 0.3) is 11.1 Å². The number of amides is 1. The molecule has 0 aliphatic carbocycles. The number of rotatable bonds is 4. The minimum Gasteiger partial charge on any atom is -0.349 e. The van der Waals surface area contributed by atoms with Gasteiger partial charge < -0.3 is 5.32 Å². The van der Waals surface area contributed by atoms with Crippen molar-refractivity contribution in [2.75, 3.05) is 6.26 Å². The normalized spacial score (nSPS) is 11.7. The van der Waals surface area contributed by atoms with Crippen LogP contribution in [0.2, 0.25) is 0 Å². The largest absolute Gasteiger partial charge is 0.349 e. The van der Waals surface area contributed by atoms with Crippen LogP contribution in [0.1, 0.15) is 23.5 Å². The number of hydrogen-bond donors (Lipinski definition) is 1. The number of carbonyl (C=O) groups excluding carboxylic acids is 1. The lowest BCUT2D eigenvalue weighted by Crippen LogP contribution is -2.29. The monoisotopic (exact) mass is 401 g/mol. The Hall–Kier alpha value is -1.18. The van der Waals surface area contributed by atoms with Crippen LogP contribution in [0.4, 0.5) is 0 Å². The fraction of sp³-hybridized carbons (Fsp3) is 0.267. The molecular weight excluding hydrogens is 386 g/mol. The van der Waals surface area contributed by atoms with E-state index < -0.39 is 9.84 Å². The van der Waals surface area contributed by atoms with E-state index in [0.29, 0.717) is 4.88 Å². The molecule has 118 valence electrons. The molecule has 0 unspecified atom stereocenters. The maximum Gasteiger partial charge on any atom is 0.261 e. The first-order chi connectivity index (χ1) is 10.2. The lowest BCUT2D eigenvalue weighted by Gasteiger charge is -2.05. The Balaban J connectivity index is 2.34. The van der Waals surface area contributed by atoms with E-state index in [1.54, 1.807) is 24.3 Å². The van der Waals surface area contributed by atoms with Gasteiger partial charge in [-0.05, 0) is 53.5 Å². The average Bonchev–Trinajstić information content (AvgIpc) is 2.79. The van der Waals surface area contributed by atoms with Crippen molar-refractivity contribution in [1.29, 1.82) is 0 Å². The molecule has 1 amide bonds. The summed E-state index contributed by atoms with van der Waals surface area (Å²) in [6.07, 6.45) is 1.18. The van der Waals surface area contributed by atoms with Gasteiger partial charge >= 0.3 is 0 Å². The van der Waals surface area contributed by atoms with E-state index in [-0.39, 0.29) is 16.8 Å². The second-order valence-electron chi connectivity index (χ2n) is 5.22. The Kier molecular flexibility index (Phi) is 5.09. The maximum atomic E-state index is 12.0. The SMILES string of the molecule is CC(C)NC(=O)c1cc(-c2ccc(S(C)(=O)=O)cc2)c(Br)s1. The molecule has 0 spiro atoms. The molecule has 7 heteroatoms. The van der Waals surface area contributed by atoms with Gasteiger partial charge in [0, 0.05) is 17.9 Å². The summed E-state index contributed by atoms with van der Waals surface area (Å²) in [5.74, 6) is -0.111. The molecule has 0 saturated carbocycles. The number of halogens is 1. The van der Waals surface area contributed by atoms with E-state index in [4.69, 9.17) is 0 Å². The summed E-state index contributed by atoms with van der Waals surface area (Å²) in [4.78, 5) is 12.9. The Labute approximate surface area is 142 Å². The molecule has 0 fully saturated rings. The van der Waals surface area contributed by atoms with Crippen LogP contribution in [-0.4, -0.2) is 26.6 Å². The van der Waals surface area contributed by atoms with E-state index in [0.717, 1.165) is 14.9 Å². The summed E-state index contributed by atoms with van der Waals surface area (Å²) >= 11 is 4.82. The summed E-state index contributed by atoms with van der Waals surface area (Å²) in [5, 5.41) is 2.85. The Bertz CT molecular complexity index is 793. The lowest BCUT2D eigenvalue weighted by molar-refractivity contribution is 0.0947. The first-order valence-electron chi connectivity index (χ1n) is 6.59. The molecule has 0 saturated heterocycles. The molecule has 2 aromatic rings. The topological polar surface area (TPSA) is 63.2 Å². The number of nitrogens with one attached hydrogen (secondary N) is 1. The molecule has 1 aromatic heterocycles. The molecule has 0 atom stereocenters. The minimum absolute atomic E-state index is 0.0749. The second-order valence-corrected chi connectivity index (χ2v) is 9.61. The van der Waals surface area contributed by atoms with Gasteiger partial charge in [-0.15, -0.1) is 11.3 Å². The van der Waals surface area contributed by atoms with Gasteiger partial charge in [0.25, 0.3) is 5.91 Å². The molecule has 0 aliphatic heterocycles. The maximum absolute atomic E-state index is 12.0. The van der Waals surface area contributed by atoms with Crippen LogP contribution in [-0.2, 0) is 9.84 Å². The van der Waals surface area contributed by atoms with E-state index in [2.05, 4.69) is 21.2 Å². The molecule has 1 heterocycles. The van der Waals surface area contributed by atoms with Crippen LogP contribution in [0, 0.1) is 0 Å². The third kappa shape index (κ3) is 3.97. The molecule has 1 aromatic carbocycles. The molecule has 2 rings (SSSR count). The number of thiophene rings is 1. The zero-order chi connectivity index (χ0) is 16.5. The van der Waals surface area contributed by atoms with E-state index in [1.807, 2.05) is 19.9 Å². The zero-order valence-corrected chi connectivity index (χ0v) is 15.6. The highest BCUT2D eigenvalue weighted by Crippen LogP contribution is 2.36. The predicted octanol–water partition coefficient (Wildman–Crippen LogP) is 3.72. The van der Waals surface area contributed by atoms with Gasteiger partial charge in [-0.2, -0.15) is 0 Å². The number of sulfone groups is 1. The highest BCUT2D eigenvalue weighted by Gasteiger charge is 2.15. The van der Waals surface area contributed by atoms with Crippen LogP contribution >= 0.6 is 27.3 Å². The summed E-state index contributed by atoms with van der Waals surface area (Å²) in [7, 11) is -3.21. The van der Waals surface area contributed by atoms with E-state index in [1.165, 1.54) is 17.6 Å². The van der Waals surface area contributed by atoms with Gasteiger partial charge in [0.1, 0.15) is 0 Å². The average molecular weight is 402 g/mol. The molecule has 1 N–H and O–H groups in total. The summed E-state index contributed by atoms with van der Waals surface area (Å²) in [6.45, 7) is 3.82.